The highest BCUT2D eigenvalue weighted by Gasteiger charge is 2.19. The topological polar surface area (TPSA) is 42.4 Å². The molecule has 0 fully saturated rings. The Morgan fingerprint density at radius 2 is 0.925 bits per heavy atom. The third-order valence-corrected chi connectivity index (χ3v) is 9.92. The fourth-order valence-electron chi connectivity index (χ4n) is 7.37. The molecule has 0 aliphatic carbocycles. The lowest BCUT2D eigenvalue weighted by Gasteiger charge is -2.28. The highest BCUT2D eigenvalue weighted by molar-refractivity contribution is 6.15. The number of anilines is 3. The van der Waals surface area contributed by atoms with Crippen molar-refractivity contribution in [2.45, 2.75) is 0 Å². The largest absolute Gasteiger partial charge is 0.456 e. The van der Waals surface area contributed by atoms with E-state index in [2.05, 4.69) is 157 Å². The van der Waals surface area contributed by atoms with E-state index in [0.29, 0.717) is 5.89 Å². The molecule has 0 N–H and O–H groups in total. The highest BCUT2D eigenvalue weighted by Crippen LogP contribution is 2.43. The van der Waals surface area contributed by atoms with Crippen molar-refractivity contribution in [1.29, 1.82) is 0 Å². The van der Waals surface area contributed by atoms with E-state index in [1.54, 1.807) is 0 Å². The van der Waals surface area contributed by atoms with E-state index in [4.69, 9.17) is 13.8 Å². The molecule has 0 saturated heterocycles. The fraction of sp³-hybridized carbons (Fsp3) is 0. The Labute approximate surface area is 306 Å². The molecule has 0 aliphatic heterocycles. The summed E-state index contributed by atoms with van der Waals surface area (Å²) >= 11 is 0. The van der Waals surface area contributed by atoms with Gasteiger partial charge in [0.25, 0.3) is 0 Å². The Kier molecular flexibility index (Phi) is 7.43. The van der Waals surface area contributed by atoms with E-state index in [1.807, 2.05) is 42.5 Å². The van der Waals surface area contributed by atoms with Crippen LogP contribution in [-0.2, 0) is 0 Å². The normalized spacial score (nSPS) is 11.4. The molecule has 2 aromatic heterocycles. The van der Waals surface area contributed by atoms with Crippen LogP contribution < -0.4 is 4.90 Å². The Balaban J connectivity index is 1.08. The van der Waals surface area contributed by atoms with Gasteiger partial charge in [0, 0.05) is 39.3 Å². The van der Waals surface area contributed by atoms with Crippen molar-refractivity contribution in [3.05, 3.63) is 194 Å². The van der Waals surface area contributed by atoms with Crippen LogP contribution in [0.4, 0.5) is 17.1 Å². The molecule has 0 amide bonds. The smallest absolute Gasteiger partial charge is 0.227 e. The molecule has 10 rings (SSSR count). The number of furan rings is 1. The van der Waals surface area contributed by atoms with Crippen molar-refractivity contribution in [3.8, 4) is 44.8 Å². The first-order valence-electron chi connectivity index (χ1n) is 17.8. The molecule has 4 heteroatoms. The average molecular weight is 681 g/mol. The summed E-state index contributed by atoms with van der Waals surface area (Å²) in [6, 6.07) is 67.7. The van der Waals surface area contributed by atoms with Crippen LogP contribution in [0.5, 0.6) is 0 Å². The summed E-state index contributed by atoms with van der Waals surface area (Å²) in [4.78, 5) is 7.12. The summed E-state index contributed by atoms with van der Waals surface area (Å²) in [5.41, 5.74) is 14.2. The van der Waals surface area contributed by atoms with Gasteiger partial charge in [-0.25, -0.2) is 4.98 Å². The molecule has 53 heavy (non-hydrogen) atoms. The predicted octanol–water partition coefficient (Wildman–Crippen LogP) is 13.9. The van der Waals surface area contributed by atoms with Crippen LogP contribution in [-0.4, -0.2) is 4.98 Å². The molecular formula is C49H32N2O2. The Morgan fingerprint density at radius 1 is 0.377 bits per heavy atom. The molecule has 10 aromatic rings. The van der Waals surface area contributed by atoms with Crippen LogP contribution in [0, 0.1) is 0 Å². The first-order chi connectivity index (χ1) is 26.3. The van der Waals surface area contributed by atoms with Crippen LogP contribution >= 0.6 is 0 Å². The minimum absolute atomic E-state index is 0.599. The summed E-state index contributed by atoms with van der Waals surface area (Å²) in [5, 5.41) is 2.05. The number of para-hydroxylation sites is 1. The van der Waals surface area contributed by atoms with E-state index >= 15 is 0 Å². The summed E-state index contributed by atoms with van der Waals surface area (Å²) in [6.45, 7) is 0. The maximum atomic E-state index is 6.42. The summed E-state index contributed by atoms with van der Waals surface area (Å²) in [5.74, 6) is 0.599. The van der Waals surface area contributed by atoms with Gasteiger partial charge in [0.15, 0.2) is 5.58 Å². The van der Waals surface area contributed by atoms with Gasteiger partial charge in [-0.2, -0.15) is 0 Å². The van der Waals surface area contributed by atoms with Gasteiger partial charge in [0.1, 0.15) is 16.7 Å². The van der Waals surface area contributed by atoms with Gasteiger partial charge in [0.2, 0.25) is 5.89 Å². The third kappa shape index (κ3) is 5.54. The minimum Gasteiger partial charge on any atom is -0.456 e. The number of oxazole rings is 1. The van der Waals surface area contributed by atoms with E-state index < -0.39 is 0 Å². The molecule has 0 radical (unpaired) electrons. The first-order valence-corrected chi connectivity index (χ1v) is 17.8. The molecule has 4 nitrogen and oxygen atoms in total. The number of nitrogens with zero attached hydrogens (tertiary/aromatic N) is 2. The number of aromatic nitrogens is 1. The molecule has 0 unspecified atom stereocenters. The van der Waals surface area contributed by atoms with Crippen LogP contribution in [0.3, 0.4) is 0 Å². The minimum atomic E-state index is 0.599. The van der Waals surface area contributed by atoms with Crippen LogP contribution in [0.2, 0.25) is 0 Å². The van der Waals surface area contributed by atoms with Gasteiger partial charge >= 0.3 is 0 Å². The number of benzene rings is 8. The lowest BCUT2D eigenvalue weighted by molar-refractivity contribution is 0.620. The third-order valence-electron chi connectivity index (χ3n) is 9.92. The Morgan fingerprint density at radius 3 is 1.62 bits per heavy atom. The van der Waals surface area contributed by atoms with Crippen LogP contribution in [0.15, 0.2) is 203 Å². The molecule has 0 saturated carbocycles. The molecule has 8 aromatic carbocycles. The van der Waals surface area contributed by atoms with Crippen molar-refractivity contribution < 1.29 is 8.83 Å². The van der Waals surface area contributed by atoms with Gasteiger partial charge in [-0.15, -0.1) is 0 Å². The van der Waals surface area contributed by atoms with Crippen molar-refractivity contribution in [2.75, 3.05) is 4.90 Å². The average Bonchev–Trinajstić information content (AvgIpc) is 3.82. The van der Waals surface area contributed by atoms with E-state index in [9.17, 15) is 0 Å². The molecule has 2 heterocycles. The summed E-state index contributed by atoms with van der Waals surface area (Å²) in [7, 11) is 0. The zero-order valence-corrected chi connectivity index (χ0v) is 28.7. The van der Waals surface area contributed by atoms with E-state index in [0.717, 1.165) is 72.4 Å². The Bertz CT molecular complexity index is 2860. The van der Waals surface area contributed by atoms with Gasteiger partial charge in [0.05, 0.1) is 5.69 Å². The van der Waals surface area contributed by atoms with Crippen molar-refractivity contribution in [2.24, 2.45) is 0 Å². The number of hydrogen-bond donors (Lipinski definition) is 0. The van der Waals surface area contributed by atoms with Gasteiger partial charge in [-0.1, -0.05) is 133 Å². The van der Waals surface area contributed by atoms with E-state index in [1.165, 1.54) is 16.7 Å². The molecule has 250 valence electrons. The standard InChI is InChI=1S/C49H32N2O2/c1-4-13-33(14-5-1)34-23-27-38(28-24-34)51(44-21-11-10-19-40(44)35-15-6-2-7-16-35)39-29-25-36(26-30-39)41-20-12-22-45-48(41)42-31-47-43(32-46(42)52-45)50-49(53-47)37-17-8-3-9-18-37/h1-32H. The lowest BCUT2D eigenvalue weighted by Crippen LogP contribution is -2.11. The summed E-state index contributed by atoms with van der Waals surface area (Å²) < 4.78 is 12.7. The fourth-order valence-corrected chi connectivity index (χ4v) is 7.37. The van der Waals surface area contributed by atoms with Crippen molar-refractivity contribution >= 4 is 50.1 Å². The van der Waals surface area contributed by atoms with E-state index in [-0.39, 0.29) is 0 Å². The van der Waals surface area contributed by atoms with Crippen molar-refractivity contribution in [1.82, 2.24) is 4.98 Å². The highest BCUT2D eigenvalue weighted by atomic mass is 16.4. The molecule has 0 spiro atoms. The first kappa shape index (κ1) is 30.6. The zero-order chi connectivity index (χ0) is 35.1. The second-order valence-corrected chi connectivity index (χ2v) is 13.2. The predicted molar refractivity (Wildman–Crippen MR) is 218 cm³/mol. The summed E-state index contributed by atoms with van der Waals surface area (Å²) in [6.07, 6.45) is 0. The number of rotatable bonds is 7. The Hall–Kier alpha value is -7.17. The molecule has 0 atom stereocenters. The van der Waals surface area contributed by atoms with Gasteiger partial charge in [-0.05, 0) is 82.4 Å². The maximum absolute atomic E-state index is 6.42. The maximum Gasteiger partial charge on any atom is 0.227 e. The van der Waals surface area contributed by atoms with Crippen molar-refractivity contribution in [3.63, 3.8) is 0 Å². The zero-order valence-electron chi connectivity index (χ0n) is 28.7. The van der Waals surface area contributed by atoms with Gasteiger partial charge < -0.3 is 13.7 Å². The second kappa shape index (κ2) is 12.9. The van der Waals surface area contributed by atoms with Gasteiger partial charge in [-0.3, -0.25) is 0 Å². The second-order valence-electron chi connectivity index (χ2n) is 13.2. The quantitative estimate of drug-likeness (QED) is 0.168. The molecule has 0 bridgehead atoms. The lowest BCUT2D eigenvalue weighted by atomic mass is 9.98. The monoisotopic (exact) mass is 680 g/mol. The van der Waals surface area contributed by atoms with Crippen LogP contribution in [0.25, 0.3) is 77.9 Å². The number of hydrogen-bond acceptors (Lipinski definition) is 4. The number of fused-ring (bicyclic) bond motifs is 4. The molecular weight excluding hydrogens is 649 g/mol. The SMILES string of the molecule is c1ccc(-c2ccc(N(c3ccc(-c4cccc5oc6cc7nc(-c8ccccc8)oc7cc6c45)cc3)c3ccccc3-c3ccccc3)cc2)cc1. The molecule has 0 aliphatic rings. The van der Waals surface area contributed by atoms with Crippen LogP contribution in [0.1, 0.15) is 0 Å².